The molecule has 0 bridgehead atoms. The molecule has 29 heavy (non-hydrogen) atoms. The van der Waals surface area contributed by atoms with Crippen molar-refractivity contribution in [2.45, 2.75) is 58.4 Å². The summed E-state index contributed by atoms with van der Waals surface area (Å²) in [6, 6.07) is 4.64. The second kappa shape index (κ2) is 12.0. The Morgan fingerprint density at radius 1 is 1.28 bits per heavy atom. The van der Waals surface area contributed by atoms with Crippen LogP contribution in [0.3, 0.4) is 0 Å². The van der Waals surface area contributed by atoms with Crippen LogP contribution in [0.4, 0.5) is 13.2 Å². The lowest BCUT2D eigenvalue weighted by Crippen LogP contribution is -2.46. The zero-order valence-electron chi connectivity index (χ0n) is 17.2. The highest BCUT2D eigenvalue weighted by Crippen LogP contribution is 2.24. The maximum Gasteiger partial charge on any atom is 0.267 e. The zero-order valence-corrected chi connectivity index (χ0v) is 17.2. The van der Waals surface area contributed by atoms with Crippen LogP contribution in [0.25, 0.3) is 0 Å². The van der Waals surface area contributed by atoms with Gasteiger partial charge >= 0.3 is 0 Å². The van der Waals surface area contributed by atoms with Crippen LogP contribution in [0.1, 0.15) is 52.0 Å². The summed E-state index contributed by atoms with van der Waals surface area (Å²) in [6.07, 6.45) is 5.88. The van der Waals surface area contributed by atoms with Gasteiger partial charge in [0, 0.05) is 23.1 Å². The number of benzene rings is 1. The first-order chi connectivity index (χ1) is 13.7. The van der Waals surface area contributed by atoms with Gasteiger partial charge in [-0.25, -0.2) is 13.2 Å². The topological polar surface area (TPSA) is 29.1 Å². The van der Waals surface area contributed by atoms with Gasteiger partial charge < -0.3 is 5.32 Å². The van der Waals surface area contributed by atoms with Crippen LogP contribution in [0.15, 0.2) is 60.2 Å². The molecule has 0 aliphatic heterocycles. The smallest absolute Gasteiger partial charge is 0.267 e. The summed E-state index contributed by atoms with van der Waals surface area (Å²) in [5.74, 6) is 1.83. The van der Waals surface area contributed by atoms with E-state index in [1.807, 2.05) is 6.92 Å². The Morgan fingerprint density at radius 2 is 2.00 bits per heavy atom. The number of allylic oxidation sites excluding steroid dienone is 4. The first-order valence-corrected chi connectivity index (χ1v) is 9.73. The van der Waals surface area contributed by atoms with Crippen LogP contribution in [0.5, 0.6) is 0 Å². The third-order valence-corrected chi connectivity index (χ3v) is 4.24. The van der Waals surface area contributed by atoms with E-state index in [1.54, 1.807) is 31.2 Å². The summed E-state index contributed by atoms with van der Waals surface area (Å²) >= 11 is 0. The van der Waals surface area contributed by atoms with Gasteiger partial charge in [0.05, 0.1) is 6.04 Å². The molecule has 0 saturated carbocycles. The molecule has 1 atom stereocenters. The molecule has 156 valence electrons. The van der Waals surface area contributed by atoms with Crippen molar-refractivity contribution in [2.24, 2.45) is 0 Å². The first-order valence-electron chi connectivity index (χ1n) is 9.73. The number of amides is 1. The Morgan fingerprint density at radius 3 is 2.59 bits per heavy atom. The molecule has 0 heterocycles. The quantitative estimate of drug-likeness (QED) is 0.308. The highest BCUT2D eigenvalue weighted by atomic mass is 19.3. The molecular weight excluding hydrogens is 375 g/mol. The molecule has 1 aromatic rings. The van der Waals surface area contributed by atoms with Crippen LogP contribution in [0.2, 0.25) is 0 Å². The van der Waals surface area contributed by atoms with Gasteiger partial charge in [0.15, 0.2) is 0 Å². The van der Waals surface area contributed by atoms with Crippen molar-refractivity contribution < 1.29 is 18.0 Å². The van der Waals surface area contributed by atoms with Crippen molar-refractivity contribution in [3.05, 3.63) is 71.6 Å². The molecular formula is C24H28F3NO. The van der Waals surface area contributed by atoms with E-state index >= 15 is 0 Å². The second-order valence-electron chi connectivity index (χ2n) is 6.73. The number of carbonyl (C=O) groups is 1. The zero-order chi connectivity index (χ0) is 21.9. The molecule has 1 unspecified atom stereocenters. The summed E-state index contributed by atoms with van der Waals surface area (Å²) in [6.45, 7) is 8.58. The summed E-state index contributed by atoms with van der Waals surface area (Å²) in [4.78, 5) is 12.5. The minimum Gasteiger partial charge on any atom is -0.344 e. The molecule has 0 saturated heterocycles. The monoisotopic (exact) mass is 403 g/mol. The maximum absolute atomic E-state index is 14.0. The van der Waals surface area contributed by atoms with Gasteiger partial charge in [-0.15, -0.1) is 0 Å². The molecule has 1 amide bonds. The van der Waals surface area contributed by atoms with E-state index in [4.69, 9.17) is 0 Å². The van der Waals surface area contributed by atoms with E-state index in [0.29, 0.717) is 36.0 Å². The van der Waals surface area contributed by atoms with E-state index in [2.05, 4.69) is 23.7 Å². The fourth-order valence-electron chi connectivity index (χ4n) is 2.55. The molecule has 1 N–H and O–H groups in total. The average molecular weight is 403 g/mol. The first kappa shape index (κ1) is 24.3. The highest BCUT2D eigenvalue weighted by Gasteiger charge is 2.36. The van der Waals surface area contributed by atoms with Crippen LogP contribution >= 0.6 is 0 Å². The molecule has 5 heteroatoms. The molecule has 2 nitrogen and oxygen atoms in total. The van der Waals surface area contributed by atoms with E-state index in [1.165, 1.54) is 25.1 Å². The molecule has 0 spiro atoms. The van der Waals surface area contributed by atoms with Crippen LogP contribution in [0, 0.1) is 17.7 Å². The second-order valence-corrected chi connectivity index (χ2v) is 6.73. The maximum atomic E-state index is 14.0. The van der Waals surface area contributed by atoms with E-state index in [9.17, 15) is 18.0 Å². The van der Waals surface area contributed by atoms with Crippen molar-refractivity contribution in [3.63, 3.8) is 0 Å². The van der Waals surface area contributed by atoms with Gasteiger partial charge in [0.2, 0.25) is 5.91 Å². The van der Waals surface area contributed by atoms with Crippen molar-refractivity contribution in [2.75, 3.05) is 0 Å². The van der Waals surface area contributed by atoms with E-state index in [-0.39, 0.29) is 12.2 Å². The lowest BCUT2D eigenvalue weighted by atomic mass is 10.0. The van der Waals surface area contributed by atoms with Gasteiger partial charge in [0.25, 0.3) is 5.92 Å². The molecule has 0 radical (unpaired) electrons. The van der Waals surface area contributed by atoms with Crippen molar-refractivity contribution in [3.8, 4) is 11.8 Å². The van der Waals surface area contributed by atoms with Crippen LogP contribution < -0.4 is 5.32 Å². The van der Waals surface area contributed by atoms with Gasteiger partial charge in [-0.1, -0.05) is 63.3 Å². The minimum atomic E-state index is -2.96. The molecule has 0 fully saturated rings. The SMILES string of the molecule is C=CC(C#Cc1cccc(F)c1)=CC=C(CCC)C(=O)NC(C)C(F)(F)CCC. The van der Waals surface area contributed by atoms with Crippen molar-refractivity contribution in [1.82, 2.24) is 5.32 Å². The highest BCUT2D eigenvalue weighted by molar-refractivity contribution is 5.94. The lowest BCUT2D eigenvalue weighted by molar-refractivity contribution is -0.122. The van der Waals surface area contributed by atoms with Gasteiger partial charge in [-0.2, -0.15) is 0 Å². The van der Waals surface area contributed by atoms with Gasteiger partial charge in [-0.05, 0) is 37.6 Å². The number of alkyl halides is 2. The average Bonchev–Trinajstić information content (AvgIpc) is 2.67. The molecule has 0 aromatic heterocycles. The molecule has 1 aromatic carbocycles. The standard InChI is InChI=1S/C24H28F3NO/c1-5-9-21(23(29)28-18(4)24(26,27)16-6-2)15-14-19(7-3)12-13-20-10-8-11-22(25)17-20/h7-8,10-11,14-15,17-18H,3,5-6,9,16H2,1-2,4H3,(H,28,29). The third-order valence-electron chi connectivity index (χ3n) is 4.24. The predicted molar refractivity (Wildman–Crippen MR) is 112 cm³/mol. The molecule has 1 rings (SSSR count). The van der Waals surface area contributed by atoms with Gasteiger partial charge in [-0.3, -0.25) is 4.79 Å². The number of hydrogen-bond acceptors (Lipinski definition) is 1. The Balaban J connectivity index is 3.01. The Bertz CT molecular complexity index is 828. The summed E-state index contributed by atoms with van der Waals surface area (Å²) in [5, 5.41) is 2.41. The number of carbonyl (C=O) groups excluding carboxylic acids is 1. The van der Waals surface area contributed by atoms with Crippen LogP contribution in [-0.2, 0) is 4.79 Å². The predicted octanol–water partition coefficient (Wildman–Crippen LogP) is 5.96. The molecule has 0 aliphatic carbocycles. The third kappa shape index (κ3) is 8.43. The van der Waals surface area contributed by atoms with E-state index < -0.39 is 17.9 Å². The summed E-state index contributed by atoms with van der Waals surface area (Å²) in [5.41, 5.74) is 1.43. The Labute approximate surface area is 171 Å². The summed E-state index contributed by atoms with van der Waals surface area (Å²) < 4.78 is 41.2. The van der Waals surface area contributed by atoms with E-state index in [0.717, 1.165) is 0 Å². The van der Waals surface area contributed by atoms with Crippen LogP contribution in [-0.4, -0.2) is 17.9 Å². The minimum absolute atomic E-state index is 0.280. The van der Waals surface area contributed by atoms with Gasteiger partial charge in [0.1, 0.15) is 5.82 Å². The molecule has 0 aliphatic rings. The number of nitrogens with one attached hydrogen (secondary N) is 1. The largest absolute Gasteiger partial charge is 0.344 e. The lowest BCUT2D eigenvalue weighted by Gasteiger charge is -2.24. The number of rotatable bonds is 9. The fourth-order valence-corrected chi connectivity index (χ4v) is 2.55. The normalized spacial score (nSPS) is 13.3. The number of hydrogen-bond donors (Lipinski definition) is 1. The Hall–Kier alpha value is -2.74. The van der Waals surface area contributed by atoms with Crippen molar-refractivity contribution in [1.29, 1.82) is 0 Å². The fraction of sp³-hybridized carbons (Fsp3) is 0.375. The summed E-state index contributed by atoms with van der Waals surface area (Å²) in [7, 11) is 0. The Kier molecular flexibility index (Phi) is 10.0. The number of halogens is 3. The van der Waals surface area contributed by atoms with Crippen molar-refractivity contribution >= 4 is 5.91 Å².